The number of nitrogens with two attached hydrogens (primary N) is 1. The highest BCUT2D eigenvalue weighted by Gasteiger charge is 2.34. The molecular weight excluding hydrogens is 167 g/mol. The Morgan fingerprint density at radius 3 is 2.08 bits per heavy atom. The molecule has 0 saturated heterocycles. The van der Waals surface area contributed by atoms with E-state index in [1.54, 1.807) is 0 Å². The van der Waals surface area contributed by atoms with Crippen LogP contribution in [0.2, 0.25) is 0 Å². The second-order valence-electron chi connectivity index (χ2n) is 2.66. The van der Waals surface area contributed by atoms with Crippen LogP contribution in [-0.2, 0) is 0 Å². The lowest BCUT2D eigenvalue weighted by atomic mass is 10.0. The Morgan fingerprint density at radius 1 is 1.33 bits per heavy atom. The topological polar surface area (TPSA) is 26.0 Å². The van der Waals surface area contributed by atoms with Gasteiger partial charge in [0.05, 0.1) is 0 Å². The van der Waals surface area contributed by atoms with Gasteiger partial charge in [0, 0.05) is 5.57 Å². The van der Waals surface area contributed by atoms with Crippen LogP contribution < -0.4 is 5.73 Å². The third kappa shape index (κ3) is 3.46. The van der Waals surface area contributed by atoms with Gasteiger partial charge in [-0.25, -0.2) is 0 Å². The average molecular weight is 179 g/mol. The Kier molecular flexibility index (Phi) is 3.86. The first-order chi connectivity index (χ1) is 5.39. The maximum atomic E-state index is 12.2. The Morgan fingerprint density at radius 2 is 1.83 bits per heavy atom. The minimum absolute atomic E-state index is 0.541. The van der Waals surface area contributed by atoms with E-state index in [0.717, 1.165) is 12.3 Å². The summed E-state index contributed by atoms with van der Waals surface area (Å²) < 4.78 is 36.5. The molecule has 0 aromatic rings. The summed E-state index contributed by atoms with van der Waals surface area (Å²) in [5.41, 5.74) is 4.36. The first kappa shape index (κ1) is 11.1. The molecule has 0 atom stereocenters. The van der Waals surface area contributed by atoms with Crippen LogP contribution in [0.15, 0.2) is 23.9 Å². The van der Waals surface area contributed by atoms with Crippen molar-refractivity contribution in [3.63, 3.8) is 0 Å². The Balaban J connectivity index is 4.67. The highest BCUT2D eigenvalue weighted by atomic mass is 19.4. The number of hydrogen-bond acceptors (Lipinski definition) is 1. The number of rotatable bonds is 2. The lowest BCUT2D eigenvalue weighted by Crippen LogP contribution is -2.16. The SMILES string of the molecule is CC(C)/C(=C\C=C/N)C(F)(F)F. The summed E-state index contributed by atoms with van der Waals surface area (Å²) in [7, 11) is 0. The number of hydrogen-bond donors (Lipinski definition) is 1. The van der Waals surface area contributed by atoms with Crippen LogP contribution in [0.5, 0.6) is 0 Å². The van der Waals surface area contributed by atoms with Crippen LogP contribution in [0.3, 0.4) is 0 Å². The molecule has 0 saturated carbocycles. The van der Waals surface area contributed by atoms with E-state index < -0.39 is 17.7 Å². The first-order valence-electron chi connectivity index (χ1n) is 3.55. The zero-order valence-electron chi connectivity index (χ0n) is 7.02. The Hall–Kier alpha value is -0.930. The van der Waals surface area contributed by atoms with Crippen LogP contribution in [-0.4, -0.2) is 6.18 Å². The summed E-state index contributed by atoms with van der Waals surface area (Å²) in [5.74, 6) is -0.541. The lowest BCUT2D eigenvalue weighted by Gasteiger charge is -2.13. The van der Waals surface area contributed by atoms with Gasteiger partial charge < -0.3 is 5.73 Å². The molecule has 0 amide bonds. The van der Waals surface area contributed by atoms with Gasteiger partial charge in [0.1, 0.15) is 0 Å². The van der Waals surface area contributed by atoms with E-state index in [0.29, 0.717) is 0 Å². The number of alkyl halides is 3. The van der Waals surface area contributed by atoms with E-state index >= 15 is 0 Å². The molecule has 2 N–H and O–H groups in total. The van der Waals surface area contributed by atoms with E-state index in [2.05, 4.69) is 0 Å². The summed E-state index contributed by atoms with van der Waals surface area (Å²) in [5, 5.41) is 0. The first-order valence-corrected chi connectivity index (χ1v) is 3.55. The fourth-order valence-electron chi connectivity index (χ4n) is 0.773. The normalized spacial score (nSPS) is 14.7. The largest absolute Gasteiger partial charge is 0.412 e. The summed E-state index contributed by atoms with van der Waals surface area (Å²) in [6, 6.07) is 0. The van der Waals surface area contributed by atoms with Crippen molar-refractivity contribution in [2.24, 2.45) is 11.7 Å². The zero-order valence-corrected chi connectivity index (χ0v) is 7.02. The van der Waals surface area contributed by atoms with Gasteiger partial charge in [0.2, 0.25) is 0 Å². The summed E-state index contributed by atoms with van der Waals surface area (Å²) in [4.78, 5) is 0. The van der Waals surface area contributed by atoms with E-state index in [-0.39, 0.29) is 0 Å². The Labute approximate surface area is 69.8 Å². The molecule has 0 aromatic heterocycles. The molecule has 0 aliphatic carbocycles. The van der Waals surface area contributed by atoms with Crippen molar-refractivity contribution in [3.05, 3.63) is 23.9 Å². The van der Waals surface area contributed by atoms with Crippen LogP contribution in [0, 0.1) is 5.92 Å². The van der Waals surface area contributed by atoms with E-state index in [1.807, 2.05) is 0 Å². The van der Waals surface area contributed by atoms with Gasteiger partial charge in [0.25, 0.3) is 0 Å². The van der Waals surface area contributed by atoms with Gasteiger partial charge in [-0.05, 0) is 18.2 Å². The predicted octanol–water partition coefficient (Wildman–Crippen LogP) is 2.60. The van der Waals surface area contributed by atoms with E-state index in [1.165, 1.54) is 19.9 Å². The molecule has 4 heteroatoms. The molecule has 12 heavy (non-hydrogen) atoms. The maximum absolute atomic E-state index is 12.2. The van der Waals surface area contributed by atoms with Crippen molar-refractivity contribution >= 4 is 0 Å². The molecule has 70 valence electrons. The van der Waals surface area contributed by atoms with Gasteiger partial charge in [-0.3, -0.25) is 0 Å². The van der Waals surface area contributed by atoms with Gasteiger partial charge in [-0.1, -0.05) is 19.9 Å². The van der Waals surface area contributed by atoms with Crippen molar-refractivity contribution in [2.75, 3.05) is 0 Å². The van der Waals surface area contributed by atoms with Crippen LogP contribution in [0.25, 0.3) is 0 Å². The lowest BCUT2D eigenvalue weighted by molar-refractivity contribution is -0.0976. The van der Waals surface area contributed by atoms with Crippen LogP contribution in [0.1, 0.15) is 13.8 Å². The molecule has 0 spiro atoms. The van der Waals surface area contributed by atoms with Crippen molar-refractivity contribution in [1.29, 1.82) is 0 Å². The monoisotopic (exact) mass is 179 g/mol. The molecule has 0 radical (unpaired) electrons. The van der Waals surface area contributed by atoms with Crippen LogP contribution in [0.4, 0.5) is 13.2 Å². The van der Waals surface area contributed by atoms with E-state index in [4.69, 9.17) is 5.73 Å². The molecule has 1 nitrogen and oxygen atoms in total. The number of allylic oxidation sites excluding steroid dienone is 3. The molecule has 0 heterocycles. The van der Waals surface area contributed by atoms with Crippen molar-refractivity contribution in [2.45, 2.75) is 20.0 Å². The number of halogens is 3. The predicted molar refractivity (Wildman–Crippen MR) is 42.3 cm³/mol. The molecule has 0 rings (SSSR count). The quantitative estimate of drug-likeness (QED) is 0.648. The smallest absolute Gasteiger partial charge is 0.405 e. The zero-order chi connectivity index (χ0) is 9.78. The van der Waals surface area contributed by atoms with Crippen molar-refractivity contribution in [1.82, 2.24) is 0 Å². The Bertz CT molecular complexity index is 189. The highest BCUT2D eigenvalue weighted by Crippen LogP contribution is 2.30. The highest BCUT2D eigenvalue weighted by molar-refractivity contribution is 5.18. The molecule has 0 fully saturated rings. The van der Waals surface area contributed by atoms with Gasteiger partial charge in [-0.2, -0.15) is 13.2 Å². The third-order valence-corrected chi connectivity index (χ3v) is 1.34. The summed E-state index contributed by atoms with van der Waals surface area (Å²) >= 11 is 0. The minimum atomic E-state index is -4.26. The second kappa shape index (κ2) is 4.18. The van der Waals surface area contributed by atoms with Gasteiger partial charge in [-0.15, -0.1) is 0 Å². The standard InChI is InChI=1S/C8H12F3N/c1-6(2)7(4-3-5-12)8(9,10)11/h3-6H,12H2,1-2H3/b5-3-,7-4+. The van der Waals surface area contributed by atoms with Crippen molar-refractivity contribution < 1.29 is 13.2 Å². The van der Waals surface area contributed by atoms with Crippen molar-refractivity contribution in [3.8, 4) is 0 Å². The molecule has 0 aliphatic rings. The third-order valence-electron chi connectivity index (χ3n) is 1.34. The van der Waals surface area contributed by atoms with Crippen LogP contribution >= 0.6 is 0 Å². The fourth-order valence-corrected chi connectivity index (χ4v) is 0.773. The summed E-state index contributed by atoms with van der Waals surface area (Å²) in [6.45, 7) is 2.98. The molecule has 0 aromatic carbocycles. The molecule has 0 bridgehead atoms. The average Bonchev–Trinajstić information content (AvgIpc) is 1.84. The van der Waals surface area contributed by atoms with Gasteiger partial charge >= 0.3 is 6.18 Å². The minimum Gasteiger partial charge on any atom is -0.405 e. The van der Waals surface area contributed by atoms with E-state index in [9.17, 15) is 13.2 Å². The second-order valence-corrected chi connectivity index (χ2v) is 2.66. The molecular formula is C8H12F3N. The van der Waals surface area contributed by atoms with Gasteiger partial charge in [0.15, 0.2) is 0 Å². The molecule has 0 unspecified atom stereocenters. The maximum Gasteiger partial charge on any atom is 0.412 e. The molecule has 0 aliphatic heterocycles. The summed E-state index contributed by atoms with van der Waals surface area (Å²) in [6.07, 6.45) is -1.00. The fraction of sp³-hybridized carbons (Fsp3) is 0.500.